The first kappa shape index (κ1) is 8.77. The molecule has 2 rings (SSSR count). The van der Waals surface area contributed by atoms with Crippen LogP contribution in [0.3, 0.4) is 0 Å². The second kappa shape index (κ2) is 4.53. The minimum Gasteiger partial charge on any atom is -0.429 e. The summed E-state index contributed by atoms with van der Waals surface area (Å²) in [5.74, 6) is 0. The summed E-state index contributed by atoms with van der Waals surface area (Å²) in [5, 5.41) is 21.9. The van der Waals surface area contributed by atoms with Gasteiger partial charge in [0.05, 0.1) is 11.7 Å². The summed E-state index contributed by atoms with van der Waals surface area (Å²) in [6.45, 7) is 0. The minimum atomic E-state index is 0. The lowest BCUT2D eigenvalue weighted by atomic mass is 10.3. The third-order valence-corrected chi connectivity index (χ3v) is 1.35. The van der Waals surface area contributed by atoms with Gasteiger partial charge in [0.2, 0.25) is 0 Å². The second-order valence-corrected chi connectivity index (χ2v) is 2.07. The molecule has 4 nitrogen and oxygen atoms in total. The van der Waals surface area contributed by atoms with E-state index in [1.807, 2.05) is 30.5 Å². The molecule has 0 saturated carbocycles. The molecule has 1 heterocycles. The Kier molecular flexibility index (Phi) is 3.31. The van der Waals surface area contributed by atoms with E-state index >= 15 is 0 Å². The lowest BCUT2D eigenvalue weighted by Gasteiger charge is -1.81. The van der Waals surface area contributed by atoms with Gasteiger partial charge in [-0.2, -0.15) is 5.10 Å². The topological polar surface area (TPSA) is 69.1 Å². The van der Waals surface area contributed by atoms with Crippen molar-refractivity contribution in [2.75, 3.05) is 0 Å². The van der Waals surface area contributed by atoms with Gasteiger partial charge in [0.1, 0.15) is 0 Å². The Bertz CT molecular complexity index is 306. The number of fused-ring (bicyclic) bond motifs is 1. The molecule has 0 unspecified atom stereocenters. The van der Waals surface area contributed by atoms with Crippen molar-refractivity contribution < 1.29 is 10.0 Å². The largest absolute Gasteiger partial charge is 0.482 e. The molecule has 61 valence electrons. The zero-order chi connectivity index (χ0) is 8.81. The number of hydrogen-bond acceptors (Lipinski definition) is 3. The van der Waals surface area contributed by atoms with Gasteiger partial charge < -0.3 is 10.0 Å². The van der Waals surface area contributed by atoms with Crippen LogP contribution in [0.4, 0.5) is 0 Å². The molecule has 1 radical (unpaired) electrons. The molecule has 0 bridgehead atoms. The molecule has 0 spiro atoms. The quantitative estimate of drug-likeness (QED) is 0.481. The Labute approximate surface area is 70.2 Å². The van der Waals surface area contributed by atoms with E-state index < -0.39 is 0 Å². The number of benzene rings is 1. The van der Waals surface area contributed by atoms with E-state index in [1.54, 1.807) is 0 Å². The molecule has 0 amide bonds. The van der Waals surface area contributed by atoms with Crippen LogP contribution < -0.4 is 0 Å². The zero-order valence-electron chi connectivity index (χ0n) is 6.31. The Morgan fingerprint density at radius 3 is 2.58 bits per heavy atom. The van der Waals surface area contributed by atoms with Crippen molar-refractivity contribution in [3.8, 4) is 0 Å². The maximum Gasteiger partial charge on any atom is 0.482 e. The molecule has 2 aromatic rings. The second-order valence-electron chi connectivity index (χ2n) is 2.07. The average Bonchev–Trinajstić information content (AvgIpc) is 2.52. The SMILES string of the molecule is O[B]O.c1ccc2[nH]ncc2c1. The molecule has 12 heavy (non-hydrogen) atoms. The summed E-state index contributed by atoms with van der Waals surface area (Å²) in [5.41, 5.74) is 1.09. The highest BCUT2D eigenvalue weighted by molar-refractivity contribution is 6.13. The van der Waals surface area contributed by atoms with Gasteiger partial charge in [0.25, 0.3) is 0 Å². The molecule has 0 fully saturated rings. The van der Waals surface area contributed by atoms with E-state index in [1.165, 1.54) is 0 Å². The van der Waals surface area contributed by atoms with Gasteiger partial charge in [-0.15, -0.1) is 0 Å². The monoisotopic (exact) mass is 163 g/mol. The molecule has 0 saturated heterocycles. The maximum absolute atomic E-state index is 7.00. The number of nitrogens with zero attached hydrogens (tertiary/aromatic N) is 1. The highest BCUT2D eigenvalue weighted by atomic mass is 16.4. The van der Waals surface area contributed by atoms with Crippen molar-refractivity contribution >= 4 is 18.6 Å². The van der Waals surface area contributed by atoms with Crippen molar-refractivity contribution in [1.29, 1.82) is 0 Å². The molecule has 1 aromatic carbocycles. The number of hydrogen-bond donors (Lipinski definition) is 3. The summed E-state index contributed by atoms with van der Waals surface area (Å²) in [6.07, 6.45) is 1.81. The zero-order valence-corrected chi connectivity index (χ0v) is 6.31. The summed E-state index contributed by atoms with van der Waals surface area (Å²) >= 11 is 0. The number of aromatic nitrogens is 2. The van der Waals surface area contributed by atoms with E-state index in [9.17, 15) is 0 Å². The number of nitrogens with one attached hydrogen (secondary N) is 1. The van der Waals surface area contributed by atoms with Crippen LogP contribution in [0.25, 0.3) is 10.9 Å². The van der Waals surface area contributed by atoms with E-state index in [0.717, 1.165) is 10.9 Å². The van der Waals surface area contributed by atoms with Gasteiger partial charge in [-0.05, 0) is 6.07 Å². The van der Waals surface area contributed by atoms with Crippen LogP contribution in [0.5, 0.6) is 0 Å². The Balaban J connectivity index is 0.000000213. The smallest absolute Gasteiger partial charge is 0.429 e. The van der Waals surface area contributed by atoms with Gasteiger partial charge in [-0.3, -0.25) is 5.10 Å². The summed E-state index contributed by atoms with van der Waals surface area (Å²) in [4.78, 5) is 0. The predicted octanol–water partition coefficient (Wildman–Crippen LogP) is 0.0681. The van der Waals surface area contributed by atoms with Gasteiger partial charge in [0, 0.05) is 5.39 Å². The Hall–Kier alpha value is -1.33. The fourth-order valence-corrected chi connectivity index (χ4v) is 0.883. The number of rotatable bonds is 0. The van der Waals surface area contributed by atoms with Crippen molar-refractivity contribution in [1.82, 2.24) is 10.2 Å². The van der Waals surface area contributed by atoms with E-state index in [2.05, 4.69) is 10.2 Å². The molecule has 0 aliphatic rings. The van der Waals surface area contributed by atoms with Crippen molar-refractivity contribution in [3.63, 3.8) is 0 Å². The summed E-state index contributed by atoms with van der Waals surface area (Å²) in [7, 11) is 0. The van der Waals surface area contributed by atoms with Gasteiger partial charge in [0.15, 0.2) is 0 Å². The van der Waals surface area contributed by atoms with E-state index in [-0.39, 0.29) is 7.69 Å². The molecule has 0 aliphatic heterocycles. The fourth-order valence-electron chi connectivity index (χ4n) is 0.883. The van der Waals surface area contributed by atoms with Crippen LogP contribution in [0, 0.1) is 0 Å². The number of aromatic amines is 1. The molecule has 5 heteroatoms. The Morgan fingerprint density at radius 2 is 1.92 bits per heavy atom. The highest BCUT2D eigenvalue weighted by Crippen LogP contribution is 2.06. The predicted molar refractivity (Wildman–Crippen MR) is 46.3 cm³/mol. The maximum atomic E-state index is 7.00. The first-order chi connectivity index (χ1) is 5.88. The van der Waals surface area contributed by atoms with Crippen LogP contribution in [-0.2, 0) is 0 Å². The van der Waals surface area contributed by atoms with Crippen LogP contribution in [0.15, 0.2) is 30.5 Å². The highest BCUT2D eigenvalue weighted by Gasteiger charge is 1.88. The van der Waals surface area contributed by atoms with Crippen LogP contribution >= 0.6 is 0 Å². The number of para-hydroxylation sites is 1. The average molecular weight is 163 g/mol. The van der Waals surface area contributed by atoms with E-state index in [4.69, 9.17) is 10.0 Å². The lowest BCUT2D eigenvalue weighted by molar-refractivity contribution is 0.448. The first-order valence-corrected chi connectivity index (χ1v) is 3.36. The lowest BCUT2D eigenvalue weighted by Crippen LogP contribution is -1.75. The third-order valence-electron chi connectivity index (χ3n) is 1.35. The molecule has 0 atom stereocenters. The van der Waals surface area contributed by atoms with E-state index in [0.29, 0.717) is 0 Å². The van der Waals surface area contributed by atoms with Crippen LogP contribution in [0.2, 0.25) is 0 Å². The molecular formula is C7H8BN2O2. The first-order valence-electron chi connectivity index (χ1n) is 3.36. The van der Waals surface area contributed by atoms with Gasteiger partial charge in [-0.1, -0.05) is 18.2 Å². The fraction of sp³-hybridized carbons (Fsp3) is 0. The molecule has 1 aromatic heterocycles. The third kappa shape index (κ3) is 2.08. The van der Waals surface area contributed by atoms with Crippen molar-refractivity contribution in [3.05, 3.63) is 30.5 Å². The van der Waals surface area contributed by atoms with Gasteiger partial charge >= 0.3 is 7.69 Å². The number of H-pyrrole nitrogens is 1. The van der Waals surface area contributed by atoms with Crippen molar-refractivity contribution in [2.24, 2.45) is 0 Å². The minimum absolute atomic E-state index is 0. The van der Waals surface area contributed by atoms with Crippen LogP contribution in [-0.4, -0.2) is 27.9 Å². The molecular weight excluding hydrogens is 155 g/mol. The molecule has 3 N–H and O–H groups in total. The summed E-state index contributed by atoms with van der Waals surface area (Å²) < 4.78 is 0. The normalized spacial score (nSPS) is 8.83. The van der Waals surface area contributed by atoms with Crippen molar-refractivity contribution in [2.45, 2.75) is 0 Å². The summed E-state index contributed by atoms with van der Waals surface area (Å²) in [6, 6.07) is 8.01. The van der Waals surface area contributed by atoms with Gasteiger partial charge in [-0.25, -0.2) is 0 Å². The Morgan fingerprint density at radius 1 is 1.25 bits per heavy atom. The standard InChI is InChI=1S/C7H6N2.BH2O2/c1-2-4-7-6(3-1)5-8-9-7;2-1-3/h1-5H,(H,8,9);2-3H. The van der Waals surface area contributed by atoms with Crippen LogP contribution in [0.1, 0.15) is 0 Å². The molecule has 0 aliphatic carbocycles.